The normalized spacial score (nSPS) is 9.19. The van der Waals surface area contributed by atoms with E-state index in [1.54, 1.807) is 0 Å². The fourth-order valence-electron chi connectivity index (χ4n) is 1.18. The molecule has 1 amide bonds. The van der Waals surface area contributed by atoms with Crippen LogP contribution in [-0.2, 0) is 4.79 Å². The van der Waals surface area contributed by atoms with Crippen LogP contribution in [0.5, 0.6) is 0 Å². The van der Waals surface area contributed by atoms with Crippen molar-refractivity contribution >= 4 is 29.9 Å². The fourth-order valence-corrected chi connectivity index (χ4v) is 1.18. The lowest BCUT2D eigenvalue weighted by atomic mass is 9.79. The van der Waals surface area contributed by atoms with Crippen molar-refractivity contribution in [2.45, 2.75) is 6.92 Å². The van der Waals surface area contributed by atoms with Gasteiger partial charge in [0.2, 0.25) is 5.91 Å². The van der Waals surface area contributed by atoms with Gasteiger partial charge in [-0.2, -0.15) is 0 Å². The summed E-state index contributed by atoms with van der Waals surface area (Å²) in [4.78, 5) is 13.3. The highest BCUT2D eigenvalue weighted by Crippen LogP contribution is 2.14. The summed E-state index contributed by atoms with van der Waals surface area (Å²) in [5.41, 5.74) is 8.80. The Balaban J connectivity index is 3.16. The van der Waals surface area contributed by atoms with Crippen molar-refractivity contribution in [3.63, 3.8) is 0 Å². The summed E-state index contributed by atoms with van der Waals surface area (Å²) >= 11 is 0. The number of amides is 1. The van der Waals surface area contributed by atoms with Gasteiger partial charge in [0.25, 0.3) is 0 Å². The summed E-state index contributed by atoms with van der Waals surface area (Å²) in [6, 6.07) is 4.22. The summed E-state index contributed by atoms with van der Waals surface area (Å²) in [5.74, 6) is -0.282. The average molecular weight is 220 g/mol. The summed E-state index contributed by atoms with van der Waals surface area (Å²) in [6.45, 7) is 1.33. The minimum atomic E-state index is -1.77. The molecule has 1 rings (SSSR count). The third kappa shape index (κ3) is 2.99. The molecule has 0 aromatic heterocycles. The highest BCUT2D eigenvalue weighted by molar-refractivity contribution is 6.60. The van der Waals surface area contributed by atoms with Crippen molar-refractivity contribution in [3.8, 4) is 0 Å². The molecule has 0 unspecified atom stereocenters. The maximum absolute atomic E-state index is 10.8. The van der Waals surface area contributed by atoms with Gasteiger partial charge < -0.3 is 15.4 Å². The van der Waals surface area contributed by atoms with Gasteiger partial charge in [0.15, 0.2) is 0 Å². The quantitative estimate of drug-likeness (QED) is 0.293. The van der Waals surface area contributed by atoms with Gasteiger partial charge in [-0.1, -0.05) is 11.2 Å². The number of nitrogens with zero attached hydrogens (tertiary/aromatic N) is 3. The van der Waals surface area contributed by atoms with E-state index >= 15 is 0 Å². The Morgan fingerprint density at radius 3 is 2.75 bits per heavy atom. The van der Waals surface area contributed by atoms with Crippen molar-refractivity contribution in [1.82, 2.24) is 0 Å². The van der Waals surface area contributed by atoms with E-state index in [-0.39, 0.29) is 17.1 Å². The Morgan fingerprint density at radius 2 is 2.25 bits per heavy atom. The largest absolute Gasteiger partial charge is 0.488 e. The van der Waals surface area contributed by atoms with Crippen molar-refractivity contribution in [2.75, 3.05) is 5.32 Å². The first-order valence-electron chi connectivity index (χ1n) is 4.37. The van der Waals surface area contributed by atoms with Crippen LogP contribution in [0.4, 0.5) is 11.4 Å². The van der Waals surface area contributed by atoms with Crippen LogP contribution in [0.15, 0.2) is 23.3 Å². The Kier molecular flexibility index (Phi) is 3.90. The van der Waals surface area contributed by atoms with E-state index in [9.17, 15) is 4.79 Å². The molecule has 0 aliphatic rings. The number of anilines is 1. The lowest BCUT2D eigenvalue weighted by Crippen LogP contribution is -2.30. The Bertz CT molecular complexity index is 457. The van der Waals surface area contributed by atoms with E-state index < -0.39 is 7.12 Å². The SMILES string of the molecule is CC(=O)Nc1ccc(N=[N+]=[N-])c(B(O)O)c1. The number of hydrogen-bond donors (Lipinski definition) is 3. The molecular weight excluding hydrogens is 211 g/mol. The molecule has 0 spiro atoms. The van der Waals surface area contributed by atoms with Crippen LogP contribution in [0.2, 0.25) is 0 Å². The van der Waals surface area contributed by atoms with Gasteiger partial charge >= 0.3 is 7.12 Å². The molecule has 0 radical (unpaired) electrons. The second-order valence-corrected chi connectivity index (χ2v) is 3.02. The van der Waals surface area contributed by atoms with Gasteiger partial charge in [-0.05, 0) is 23.1 Å². The molecule has 0 saturated carbocycles. The zero-order valence-electron chi connectivity index (χ0n) is 8.45. The van der Waals surface area contributed by atoms with Crippen LogP contribution in [0.1, 0.15) is 6.92 Å². The molecule has 3 N–H and O–H groups in total. The topological polar surface area (TPSA) is 118 Å². The van der Waals surface area contributed by atoms with E-state index in [1.807, 2.05) is 0 Å². The van der Waals surface area contributed by atoms with Crippen LogP contribution in [0.25, 0.3) is 10.4 Å². The smallest absolute Gasteiger partial charge is 0.423 e. The van der Waals surface area contributed by atoms with E-state index in [2.05, 4.69) is 15.3 Å². The Hall–Kier alpha value is -2.02. The van der Waals surface area contributed by atoms with Crippen molar-refractivity contribution < 1.29 is 14.8 Å². The molecule has 8 heteroatoms. The molecule has 16 heavy (non-hydrogen) atoms. The number of carbonyl (C=O) groups excluding carboxylic acids is 1. The molecular formula is C8H9BN4O3. The van der Waals surface area contributed by atoms with Gasteiger partial charge in [0.05, 0.1) is 0 Å². The third-order valence-corrected chi connectivity index (χ3v) is 1.78. The number of hydrogen-bond acceptors (Lipinski definition) is 4. The first kappa shape index (κ1) is 12.1. The number of benzene rings is 1. The van der Waals surface area contributed by atoms with Crippen LogP contribution in [-0.4, -0.2) is 23.1 Å². The van der Waals surface area contributed by atoms with Crippen LogP contribution >= 0.6 is 0 Å². The van der Waals surface area contributed by atoms with E-state index in [1.165, 1.54) is 25.1 Å². The van der Waals surface area contributed by atoms with E-state index in [0.29, 0.717) is 5.69 Å². The molecule has 1 aromatic carbocycles. The molecule has 0 bridgehead atoms. The van der Waals surface area contributed by atoms with Gasteiger partial charge in [-0.15, -0.1) is 0 Å². The van der Waals surface area contributed by atoms with Crippen molar-refractivity contribution in [3.05, 3.63) is 28.6 Å². The van der Waals surface area contributed by atoms with Crippen molar-refractivity contribution in [1.29, 1.82) is 0 Å². The predicted octanol–water partition coefficient (Wildman–Crippen LogP) is 0.267. The molecule has 0 aliphatic carbocycles. The molecule has 7 nitrogen and oxygen atoms in total. The van der Waals surface area contributed by atoms with Crippen LogP contribution in [0.3, 0.4) is 0 Å². The molecule has 0 heterocycles. The molecule has 0 fully saturated rings. The summed E-state index contributed by atoms with van der Waals surface area (Å²) in [5, 5.41) is 23.9. The maximum Gasteiger partial charge on any atom is 0.488 e. The summed E-state index contributed by atoms with van der Waals surface area (Å²) in [6.07, 6.45) is 0. The average Bonchev–Trinajstić information content (AvgIpc) is 2.19. The van der Waals surface area contributed by atoms with Crippen molar-refractivity contribution in [2.24, 2.45) is 5.11 Å². The predicted molar refractivity (Wildman–Crippen MR) is 59.4 cm³/mol. The monoisotopic (exact) mass is 220 g/mol. The van der Waals surface area contributed by atoms with Crippen LogP contribution in [0, 0.1) is 0 Å². The minimum Gasteiger partial charge on any atom is -0.423 e. The highest BCUT2D eigenvalue weighted by Gasteiger charge is 2.16. The van der Waals surface area contributed by atoms with E-state index in [4.69, 9.17) is 15.6 Å². The second kappa shape index (κ2) is 5.17. The summed E-state index contributed by atoms with van der Waals surface area (Å²) in [7, 11) is -1.77. The zero-order chi connectivity index (χ0) is 12.1. The molecule has 82 valence electrons. The number of rotatable bonds is 3. The van der Waals surface area contributed by atoms with Crippen LogP contribution < -0.4 is 10.8 Å². The Morgan fingerprint density at radius 1 is 1.56 bits per heavy atom. The summed E-state index contributed by atoms with van der Waals surface area (Å²) < 4.78 is 0. The van der Waals surface area contributed by atoms with Gasteiger partial charge in [-0.3, -0.25) is 4.79 Å². The number of nitrogens with one attached hydrogen (secondary N) is 1. The van der Waals surface area contributed by atoms with Gasteiger partial charge in [0, 0.05) is 23.2 Å². The third-order valence-electron chi connectivity index (χ3n) is 1.78. The van der Waals surface area contributed by atoms with Gasteiger partial charge in [-0.25, -0.2) is 0 Å². The molecule has 0 atom stereocenters. The minimum absolute atomic E-state index is 0.0315. The second-order valence-electron chi connectivity index (χ2n) is 3.02. The lowest BCUT2D eigenvalue weighted by Gasteiger charge is -2.07. The van der Waals surface area contributed by atoms with Gasteiger partial charge in [0.1, 0.15) is 0 Å². The fraction of sp³-hybridized carbons (Fsp3) is 0.125. The lowest BCUT2D eigenvalue weighted by molar-refractivity contribution is -0.114. The first-order valence-corrected chi connectivity index (χ1v) is 4.37. The standard InChI is InChI=1S/C8H9BN4O3/c1-5(14)11-6-2-3-8(12-13-10)7(4-6)9(15)16/h2-4,15-16H,1H3,(H,11,14). The highest BCUT2D eigenvalue weighted by atomic mass is 16.4. The molecule has 0 aliphatic heterocycles. The Labute approximate surface area is 91.5 Å². The number of azide groups is 1. The maximum atomic E-state index is 10.8. The first-order chi connectivity index (χ1) is 7.54. The van der Waals surface area contributed by atoms with E-state index in [0.717, 1.165) is 0 Å². The molecule has 1 aromatic rings. The molecule has 0 saturated heterocycles. The number of carbonyl (C=O) groups is 1. The zero-order valence-corrected chi connectivity index (χ0v) is 8.45.